The maximum absolute atomic E-state index is 13.1. The van der Waals surface area contributed by atoms with Crippen LogP contribution in [0.3, 0.4) is 0 Å². The average Bonchev–Trinajstić information content (AvgIpc) is 2.68. The molecule has 1 heterocycles. The van der Waals surface area contributed by atoms with Crippen LogP contribution in [0.4, 0.5) is 10.2 Å². The van der Waals surface area contributed by atoms with E-state index >= 15 is 0 Å². The zero-order valence-electron chi connectivity index (χ0n) is 13.2. The monoisotopic (exact) mass is 303 g/mol. The second-order valence-electron chi connectivity index (χ2n) is 6.26. The van der Waals surface area contributed by atoms with Gasteiger partial charge in [0.15, 0.2) is 0 Å². The predicted octanol–water partition coefficient (Wildman–Crippen LogP) is 3.76. The first-order valence-corrected chi connectivity index (χ1v) is 7.92. The van der Waals surface area contributed by atoms with Gasteiger partial charge in [-0.3, -0.25) is 9.48 Å². The van der Waals surface area contributed by atoms with Gasteiger partial charge in [0.2, 0.25) is 5.91 Å². The van der Waals surface area contributed by atoms with Crippen molar-refractivity contribution in [1.82, 2.24) is 9.78 Å². The second kappa shape index (κ2) is 6.07. The van der Waals surface area contributed by atoms with Crippen molar-refractivity contribution in [3.63, 3.8) is 0 Å². The Kier molecular flexibility index (Phi) is 4.14. The number of nitrogens with zero attached hydrogens (tertiary/aromatic N) is 2. The van der Waals surface area contributed by atoms with E-state index in [0.717, 1.165) is 37.2 Å². The molecule has 1 aromatic rings. The molecule has 0 saturated heterocycles. The first-order chi connectivity index (χ1) is 10.5. The fourth-order valence-corrected chi connectivity index (χ4v) is 3.18. The number of halogens is 1. The zero-order valence-corrected chi connectivity index (χ0v) is 13.2. The summed E-state index contributed by atoms with van der Waals surface area (Å²) in [6.07, 6.45) is 8.93. The highest BCUT2D eigenvalue weighted by atomic mass is 19.1. The largest absolute Gasteiger partial charge is 0.311 e. The molecule has 0 atom stereocenters. The van der Waals surface area contributed by atoms with E-state index in [9.17, 15) is 9.18 Å². The predicted molar refractivity (Wildman–Crippen MR) is 84.3 cm³/mol. The Labute approximate surface area is 130 Å². The van der Waals surface area contributed by atoms with Gasteiger partial charge in [-0.25, -0.2) is 4.39 Å². The molecule has 1 saturated carbocycles. The van der Waals surface area contributed by atoms with Crippen molar-refractivity contribution >= 4 is 11.7 Å². The minimum absolute atomic E-state index is 0.0528. The Morgan fingerprint density at radius 3 is 2.73 bits per heavy atom. The van der Waals surface area contributed by atoms with Gasteiger partial charge in [-0.1, -0.05) is 18.1 Å². The highest BCUT2D eigenvalue weighted by Gasteiger charge is 2.29. The third-order valence-electron chi connectivity index (χ3n) is 4.55. The van der Waals surface area contributed by atoms with Crippen molar-refractivity contribution in [2.45, 2.75) is 51.4 Å². The Morgan fingerprint density at radius 2 is 2.18 bits per heavy atom. The lowest BCUT2D eigenvalue weighted by Crippen LogP contribution is -2.16. The summed E-state index contributed by atoms with van der Waals surface area (Å²) in [5.74, 6) is 1.19. The number of carbonyl (C=O) groups excluding carboxylic acids is 1. The fraction of sp³-hybridized carbons (Fsp3) is 0.529. The molecule has 0 aromatic carbocycles. The van der Waals surface area contributed by atoms with Gasteiger partial charge < -0.3 is 5.32 Å². The van der Waals surface area contributed by atoms with Crippen LogP contribution in [0.1, 0.15) is 56.2 Å². The molecule has 0 spiro atoms. The van der Waals surface area contributed by atoms with Crippen molar-refractivity contribution in [3.8, 4) is 0 Å². The molecule has 0 aliphatic heterocycles. The van der Waals surface area contributed by atoms with E-state index in [4.69, 9.17) is 0 Å². The van der Waals surface area contributed by atoms with Crippen molar-refractivity contribution < 1.29 is 9.18 Å². The van der Waals surface area contributed by atoms with E-state index in [0.29, 0.717) is 12.3 Å². The molecular formula is C17H22FN3O. The first-order valence-electron chi connectivity index (χ1n) is 7.92. The number of allylic oxidation sites excluding steroid dienone is 4. The minimum Gasteiger partial charge on any atom is -0.311 e. The number of aromatic nitrogens is 2. The molecule has 118 valence electrons. The summed E-state index contributed by atoms with van der Waals surface area (Å²) in [6.45, 7) is 1.52. The SMILES string of the molecule is CC(=O)Nc1c(C2CCC2)c(CC2=CC=C(F)CC2)nn1C. The number of carbonyl (C=O) groups is 1. The molecule has 5 heteroatoms. The lowest BCUT2D eigenvalue weighted by Gasteiger charge is -2.27. The lowest BCUT2D eigenvalue weighted by atomic mass is 9.78. The molecule has 0 unspecified atom stereocenters. The van der Waals surface area contributed by atoms with Crippen LogP contribution < -0.4 is 5.32 Å². The van der Waals surface area contributed by atoms with Crippen LogP contribution in [0.15, 0.2) is 23.6 Å². The summed E-state index contributed by atoms with van der Waals surface area (Å²) in [6, 6.07) is 0. The third-order valence-corrected chi connectivity index (χ3v) is 4.55. The van der Waals surface area contributed by atoms with Gasteiger partial charge in [0.25, 0.3) is 0 Å². The van der Waals surface area contributed by atoms with Gasteiger partial charge >= 0.3 is 0 Å². The number of rotatable bonds is 4. The van der Waals surface area contributed by atoms with Crippen LogP contribution in [0.5, 0.6) is 0 Å². The van der Waals surface area contributed by atoms with Gasteiger partial charge in [0.1, 0.15) is 11.6 Å². The van der Waals surface area contributed by atoms with E-state index in [-0.39, 0.29) is 11.7 Å². The average molecular weight is 303 g/mol. The standard InChI is InChI=1S/C17H22FN3O/c1-11(22)19-17-16(13-4-3-5-13)15(20-21(17)2)10-12-6-8-14(18)9-7-12/h6,8,13H,3-5,7,9-10H2,1-2H3,(H,19,22). The van der Waals surface area contributed by atoms with Crippen LogP contribution in [0.25, 0.3) is 0 Å². The molecule has 0 radical (unpaired) electrons. The van der Waals surface area contributed by atoms with Crippen molar-refractivity contribution in [2.75, 3.05) is 5.32 Å². The number of anilines is 1. The normalized spacial score (nSPS) is 18.5. The molecule has 1 fully saturated rings. The van der Waals surface area contributed by atoms with E-state index < -0.39 is 0 Å². The molecular weight excluding hydrogens is 281 g/mol. The maximum atomic E-state index is 13.1. The van der Waals surface area contributed by atoms with E-state index in [1.165, 1.54) is 24.5 Å². The molecule has 1 amide bonds. The Morgan fingerprint density at radius 1 is 1.41 bits per heavy atom. The highest BCUT2D eigenvalue weighted by molar-refractivity contribution is 5.88. The molecule has 22 heavy (non-hydrogen) atoms. The Bertz CT molecular complexity index is 653. The van der Waals surface area contributed by atoms with E-state index in [2.05, 4.69) is 10.4 Å². The van der Waals surface area contributed by atoms with Gasteiger partial charge in [-0.2, -0.15) is 5.10 Å². The number of aryl methyl sites for hydroxylation is 1. The summed E-state index contributed by atoms with van der Waals surface area (Å²) in [5, 5.41) is 7.55. The van der Waals surface area contributed by atoms with Crippen molar-refractivity contribution in [2.24, 2.45) is 7.05 Å². The second-order valence-corrected chi connectivity index (χ2v) is 6.26. The van der Waals surface area contributed by atoms with Crippen LogP contribution >= 0.6 is 0 Å². The van der Waals surface area contributed by atoms with Gasteiger partial charge in [-0.15, -0.1) is 0 Å². The highest BCUT2D eigenvalue weighted by Crippen LogP contribution is 2.42. The molecule has 4 nitrogen and oxygen atoms in total. The Balaban J connectivity index is 1.91. The number of hydrogen-bond acceptors (Lipinski definition) is 2. The summed E-state index contributed by atoms with van der Waals surface area (Å²) >= 11 is 0. The van der Waals surface area contributed by atoms with Crippen LogP contribution in [-0.2, 0) is 18.3 Å². The van der Waals surface area contributed by atoms with Crippen LogP contribution in [-0.4, -0.2) is 15.7 Å². The lowest BCUT2D eigenvalue weighted by molar-refractivity contribution is -0.114. The first kappa shape index (κ1) is 15.0. The van der Waals surface area contributed by atoms with Crippen LogP contribution in [0.2, 0.25) is 0 Å². The quantitative estimate of drug-likeness (QED) is 0.920. The molecule has 3 rings (SSSR count). The topological polar surface area (TPSA) is 46.9 Å². The van der Waals surface area contributed by atoms with E-state index in [1.807, 2.05) is 13.1 Å². The number of hydrogen-bond donors (Lipinski definition) is 1. The summed E-state index contributed by atoms with van der Waals surface area (Å²) in [5.41, 5.74) is 3.41. The number of amides is 1. The summed E-state index contributed by atoms with van der Waals surface area (Å²) < 4.78 is 14.9. The molecule has 2 aliphatic rings. The molecule has 1 aromatic heterocycles. The minimum atomic E-state index is -0.0722. The summed E-state index contributed by atoms with van der Waals surface area (Å²) in [4.78, 5) is 11.5. The molecule has 1 N–H and O–H groups in total. The molecule has 0 bridgehead atoms. The summed E-state index contributed by atoms with van der Waals surface area (Å²) in [7, 11) is 1.87. The van der Waals surface area contributed by atoms with Crippen molar-refractivity contribution in [1.29, 1.82) is 0 Å². The van der Waals surface area contributed by atoms with Crippen LogP contribution in [0, 0.1) is 0 Å². The smallest absolute Gasteiger partial charge is 0.222 e. The zero-order chi connectivity index (χ0) is 15.7. The number of nitrogens with one attached hydrogen (secondary N) is 1. The third kappa shape index (κ3) is 2.98. The van der Waals surface area contributed by atoms with Gasteiger partial charge in [-0.05, 0) is 31.3 Å². The van der Waals surface area contributed by atoms with Crippen molar-refractivity contribution in [3.05, 3.63) is 34.8 Å². The van der Waals surface area contributed by atoms with Gasteiger partial charge in [0, 0.05) is 32.4 Å². The van der Waals surface area contributed by atoms with Gasteiger partial charge in [0.05, 0.1) is 5.69 Å². The fourth-order valence-electron chi connectivity index (χ4n) is 3.18. The molecule has 2 aliphatic carbocycles. The maximum Gasteiger partial charge on any atom is 0.222 e. The van der Waals surface area contributed by atoms with E-state index in [1.54, 1.807) is 10.8 Å². The Hall–Kier alpha value is -1.91.